The molecule has 1 fully saturated rings. The fourth-order valence-electron chi connectivity index (χ4n) is 3.61. The molecule has 0 saturated heterocycles. The van der Waals surface area contributed by atoms with Crippen molar-refractivity contribution in [2.24, 2.45) is 0 Å². The van der Waals surface area contributed by atoms with E-state index in [2.05, 4.69) is 10.4 Å². The van der Waals surface area contributed by atoms with Crippen molar-refractivity contribution in [2.45, 2.75) is 63.0 Å². The topological polar surface area (TPSA) is 70.4 Å². The monoisotopic (exact) mass is 346 g/mol. The maximum absolute atomic E-state index is 13.2. The predicted molar refractivity (Wildman–Crippen MR) is 80.8 cm³/mol. The van der Waals surface area contributed by atoms with Gasteiger partial charge in [-0.3, -0.25) is 4.79 Å². The lowest BCUT2D eigenvalue weighted by atomic mass is 10.0. The van der Waals surface area contributed by atoms with E-state index in [0.29, 0.717) is 12.8 Å². The minimum Gasteiger partial charge on any atom is -0.391 e. The van der Waals surface area contributed by atoms with Gasteiger partial charge in [0, 0.05) is 13.1 Å². The van der Waals surface area contributed by atoms with Crippen LogP contribution in [0, 0.1) is 0 Å². The van der Waals surface area contributed by atoms with E-state index >= 15 is 0 Å². The number of aliphatic hydroxyl groups excluding tert-OH is 1. The first kappa shape index (κ1) is 17.1. The SMILES string of the molecule is C[C@@H]1C[C@H](C(F)(F)F)n2ncc(C(=O)N(C)[C@@H]3CCC[C@H]3O)c2N1. The number of carbonyl (C=O) groups excluding carboxylic acids is 1. The number of hydrogen-bond donors (Lipinski definition) is 2. The number of nitrogens with zero attached hydrogens (tertiary/aromatic N) is 3. The van der Waals surface area contributed by atoms with Crippen LogP contribution in [-0.4, -0.2) is 57.1 Å². The third kappa shape index (κ3) is 2.85. The van der Waals surface area contributed by atoms with Crippen LogP contribution in [0.4, 0.5) is 19.0 Å². The third-order valence-corrected chi connectivity index (χ3v) is 4.92. The number of hydrogen-bond acceptors (Lipinski definition) is 4. The summed E-state index contributed by atoms with van der Waals surface area (Å²) in [5, 5.41) is 16.7. The molecule has 1 aromatic heterocycles. The molecule has 9 heteroatoms. The number of fused-ring (bicyclic) bond motifs is 1. The molecule has 134 valence electrons. The zero-order chi connectivity index (χ0) is 17.6. The predicted octanol–water partition coefficient (Wildman–Crippen LogP) is 2.18. The van der Waals surface area contributed by atoms with Crippen LogP contribution in [0.2, 0.25) is 0 Å². The number of likely N-dealkylation sites (N-methyl/N-ethyl adjacent to an activating group) is 1. The maximum Gasteiger partial charge on any atom is 0.410 e. The first-order valence-electron chi connectivity index (χ1n) is 8.06. The molecule has 2 N–H and O–H groups in total. The lowest BCUT2D eigenvalue weighted by molar-refractivity contribution is -0.173. The molecule has 24 heavy (non-hydrogen) atoms. The van der Waals surface area contributed by atoms with Gasteiger partial charge in [-0.05, 0) is 32.6 Å². The normalized spacial score (nSPS) is 29.9. The van der Waals surface area contributed by atoms with Gasteiger partial charge < -0.3 is 15.3 Å². The van der Waals surface area contributed by atoms with E-state index in [4.69, 9.17) is 0 Å². The third-order valence-electron chi connectivity index (χ3n) is 4.92. The molecule has 0 bridgehead atoms. The van der Waals surface area contributed by atoms with Gasteiger partial charge in [0.25, 0.3) is 5.91 Å². The molecule has 0 spiro atoms. The minimum absolute atomic E-state index is 0.0976. The summed E-state index contributed by atoms with van der Waals surface area (Å²) < 4.78 is 40.6. The molecule has 0 unspecified atom stereocenters. The zero-order valence-electron chi connectivity index (χ0n) is 13.5. The highest BCUT2D eigenvalue weighted by molar-refractivity contribution is 5.99. The highest BCUT2D eigenvalue weighted by Gasteiger charge is 2.46. The Morgan fingerprint density at radius 3 is 2.75 bits per heavy atom. The van der Waals surface area contributed by atoms with Gasteiger partial charge in [0.05, 0.1) is 18.3 Å². The van der Waals surface area contributed by atoms with Gasteiger partial charge in [-0.25, -0.2) is 4.68 Å². The van der Waals surface area contributed by atoms with E-state index in [1.807, 2.05) is 0 Å². The summed E-state index contributed by atoms with van der Waals surface area (Å²) in [6.07, 6.45) is -1.85. The summed E-state index contributed by atoms with van der Waals surface area (Å²) in [7, 11) is 1.57. The van der Waals surface area contributed by atoms with Crippen LogP contribution in [0.15, 0.2) is 6.20 Å². The summed E-state index contributed by atoms with van der Waals surface area (Å²) in [5.74, 6) is -0.329. The molecular weight excluding hydrogens is 325 g/mol. The van der Waals surface area contributed by atoms with Crippen LogP contribution in [0.25, 0.3) is 0 Å². The van der Waals surface area contributed by atoms with Crippen LogP contribution >= 0.6 is 0 Å². The van der Waals surface area contributed by atoms with Gasteiger partial charge in [-0.2, -0.15) is 18.3 Å². The van der Waals surface area contributed by atoms with Gasteiger partial charge in [-0.15, -0.1) is 0 Å². The minimum atomic E-state index is -4.43. The summed E-state index contributed by atoms with van der Waals surface area (Å²) in [6.45, 7) is 1.65. The smallest absolute Gasteiger partial charge is 0.391 e. The number of amides is 1. The van der Waals surface area contributed by atoms with Crippen LogP contribution < -0.4 is 5.32 Å². The summed E-state index contributed by atoms with van der Waals surface area (Å²) in [6, 6.07) is -2.48. The van der Waals surface area contributed by atoms with Gasteiger partial charge >= 0.3 is 6.18 Å². The molecule has 4 atom stereocenters. The van der Waals surface area contributed by atoms with Crippen LogP contribution in [0.5, 0.6) is 0 Å². The molecule has 1 amide bonds. The average Bonchev–Trinajstić information content (AvgIpc) is 3.10. The fraction of sp³-hybridized carbons (Fsp3) is 0.733. The standard InChI is InChI=1S/C15H21F3N4O2/c1-8-6-12(15(16,17)18)22-13(20-8)9(7-19-22)14(24)21(2)10-4-3-5-11(10)23/h7-8,10-12,20,23H,3-6H2,1-2H3/t8-,10-,11-,12-/m1/s1. The summed E-state index contributed by atoms with van der Waals surface area (Å²) in [4.78, 5) is 14.1. The second kappa shape index (κ2) is 5.94. The Morgan fingerprint density at radius 1 is 1.46 bits per heavy atom. The lowest BCUT2D eigenvalue weighted by Crippen LogP contribution is -2.42. The molecule has 2 heterocycles. The van der Waals surface area contributed by atoms with Crippen molar-refractivity contribution >= 4 is 11.7 Å². The van der Waals surface area contributed by atoms with E-state index in [1.54, 1.807) is 14.0 Å². The van der Waals surface area contributed by atoms with Crippen molar-refractivity contribution in [3.8, 4) is 0 Å². The van der Waals surface area contributed by atoms with Crippen molar-refractivity contribution < 1.29 is 23.1 Å². The molecule has 1 aliphatic carbocycles. The molecule has 0 aromatic carbocycles. The number of aliphatic hydroxyl groups is 1. The molecular formula is C15H21F3N4O2. The Labute approximate surface area is 137 Å². The highest BCUT2D eigenvalue weighted by atomic mass is 19.4. The van der Waals surface area contributed by atoms with Gasteiger partial charge in [0.2, 0.25) is 0 Å². The van der Waals surface area contributed by atoms with Crippen LogP contribution in [0.3, 0.4) is 0 Å². The van der Waals surface area contributed by atoms with Gasteiger partial charge in [0.1, 0.15) is 11.4 Å². The molecule has 1 aromatic rings. The fourth-order valence-corrected chi connectivity index (χ4v) is 3.61. The van der Waals surface area contributed by atoms with Crippen molar-refractivity contribution in [3.63, 3.8) is 0 Å². The molecule has 2 aliphatic rings. The summed E-state index contributed by atoms with van der Waals surface area (Å²) in [5.41, 5.74) is 0.109. The van der Waals surface area contributed by atoms with Crippen molar-refractivity contribution in [1.29, 1.82) is 0 Å². The molecule has 1 aliphatic heterocycles. The van der Waals surface area contributed by atoms with Crippen LogP contribution in [-0.2, 0) is 0 Å². The van der Waals surface area contributed by atoms with E-state index in [1.165, 1.54) is 11.1 Å². The maximum atomic E-state index is 13.2. The summed E-state index contributed by atoms with van der Waals surface area (Å²) >= 11 is 0. The molecule has 3 rings (SSSR count). The van der Waals surface area contributed by atoms with Gasteiger partial charge in [-0.1, -0.05) is 0 Å². The van der Waals surface area contributed by atoms with E-state index in [0.717, 1.165) is 11.1 Å². The van der Waals surface area contributed by atoms with Gasteiger partial charge in [0.15, 0.2) is 6.04 Å². The number of anilines is 1. The number of nitrogens with one attached hydrogen (secondary N) is 1. The first-order valence-corrected chi connectivity index (χ1v) is 8.06. The number of carbonyl (C=O) groups is 1. The molecule has 0 radical (unpaired) electrons. The van der Waals surface area contributed by atoms with Crippen LogP contribution in [0.1, 0.15) is 49.0 Å². The van der Waals surface area contributed by atoms with E-state index in [-0.39, 0.29) is 23.8 Å². The second-order valence-electron chi connectivity index (χ2n) is 6.67. The molecule has 1 saturated carbocycles. The average molecular weight is 346 g/mol. The zero-order valence-corrected chi connectivity index (χ0v) is 13.5. The van der Waals surface area contributed by atoms with E-state index < -0.39 is 30.3 Å². The van der Waals surface area contributed by atoms with E-state index in [9.17, 15) is 23.1 Å². The largest absolute Gasteiger partial charge is 0.410 e. The first-order chi connectivity index (χ1) is 11.2. The lowest BCUT2D eigenvalue weighted by Gasteiger charge is -2.33. The molecule has 6 nitrogen and oxygen atoms in total. The number of halogens is 3. The number of rotatable bonds is 2. The quantitative estimate of drug-likeness (QED) is 0.861. The number of aromatic nitrogens is 2. The Hall–Kier alpha value is -1.77. The second-order valence-corrected chi connectivity index (χ2v) is 6.67. The number of alkyl halides is 3. The Kier molecular flexibility index (Phi) is 4.23. The Balaban J connectivity index is 1.91. The Bertz CT molecular complexity index is 631. The van der Waals surface area contributed by atoms with Crippen molar-refractivity contribution in [2.75, 3.05) is 12.4 Å². The Morgan fingerprint density at radius 2 is 2.17 bits per heavy atom. The van der Waals surface area contributed by atoms with Crippen molar-refractivity contribution in [3.05, 3.63) is 11.8 Å². The highest BCUT2D eigenvalue weighted by Crippen LogP contribution is 2.40. The van der Waals surface area contributed by atoms with Crippen molar-refractivity contribution in [1.82, 2.24) is 14.7 Å².